The van der Waals surface area contributed by atoms with E-state index in [1.807, 2.05) is 24.3 Å². The fourth-order valence-electron chi connectivity index (χ4n) is 3.78. The topological polar surface area (TPSA) is 84.4 Å². The van der Waals surface area contributed by atoms with E-state index >= 15 is 0 Å². The summed E-state index contributed by atoms with van der Waals surface area (Å²) in [6.45, 7) is 0.758. The van der Waals surface area contributed by atoms with Crippen molar-refractivity contribution in [2.24, 2.45) is 4.99 Å². The van der Waals surface area contributed by atoms with Crippen LogP contribution < -0.4 is 44.9 Å². The van der Waals surface area contributed by atoms with Gasteiger partial charge in [0, 0.05) is 24.5 Å². The molecule has 1 N–H and O–H groups in total. The van der Waals surface area contributed by atoms with Crippen LogP contribution in [-0.2, 0) is 14.4 Å². The molecule has 0 bridgehead atoms. The summed E-state index contributed by atoms with van der Waals surface area (Å²) in [5, 5.41) is 14.3. The zero-order valence-electron chi connectivity index (χ0n) is 18.5. The monoisotopic (exact) mass is 484 g/mol. The van der Waals surface area contributed by atoms with E-state index in [0.717, 1.165) is 5.56 Å². The molecule has 0 radical (unpaired) electrons. The van der Waals surface area contributed by atoms with Crippen molar-refractivity contribution in [3.63, 3.8) is 0 Å². The average Bonchev–Trinajstić information content (AvgIpc) is 2.81. The first-order valence-electron chi connectivity index (χ1n) is 10.2. The molecule has 1 unspecified atom stereocenters. The van der Waals surface area contributed by atoms with E-state index in [2.05, 4.69) is 15.2 Å². The van der Waals surface area contributed by atoms with Crippen LogP contribution in [0.2, 0.25) is 5.02 Å². The van der Waals surface area contributed by atoms with Gasteiger partial charge in [-0.05, 0) is 29.8 Å². The second-order valence-corrected chi connectivity index (χ2v) is 8.01. The molecule has 0 aliphatic carbocycles. The van der Waals surface area contributed by atoms with Crippen LogP contribution in [0.3, 0.4) is 0 Å². The second kappa shape index (κ2) is 11.7. The van der Waals surface area contributed by atoms with E-state index in [1.165, 1.54) is 12.1 Å². The van der Waals surface area contributed by atoms with Crippen molar-refractivity contribution in [3.05, 3.63) is 70.5 Å². The number of hydrogen-bond donors (Lipinski definition) is 1. The number of ether oxygens (including phenoxy) is 3. The first kappa shape index (κ1) is 26.0. The Labute approximate surface area is 218 Å². The SMILES string of the molecule is COc1ccccc1C1=CC(OC2(CO[O-])CCOCC2)=NC(c2ccc(Cl)c(F)c2)N1.[Na+]. The largest absolute Gasteiger partial charge is 1.00 e. The van der Waals surface area contributed by atoms with E-state index < -0.39 is 17.6 Å². The van der Waals surface area contributed by atoms with Gasteiger partial charge in [0.15, 0.2) is 0 Å². The van der Waals surface area contributed by atoms with E-state index in [4.69, 9.17) is 25.8 Å². The van der Waals surface area contributed by atoms with Gasteiger partial charge in [-0.3, -0.25) is 0 Å². The maximum Gasteiger partial charge on any atom is 1.00 e. The molecule has 1 fully saturated rings. The summed E-state index contributed by atoms with van der Waals surface area (Å²) < 4.78 is 31.3. The summed E-state index contributed by atoms with van der Waals surface area (Å²) in [6.07, 6.45) is 2.06. The third-order valence-corrected chi connectivity index (χ3v) is 5.83. The number of nitrogens with zero attached hydrogens (tertiary/aromatic N) is 1. The quantitative estimate of drug-likeness (QED) is 0.363. The van der Waals surface area contributed by atoms with E-state index in [9.17, 15) is 9.65 Å². The molecule has 0 amide bonds. The van der Waals surface area contributed by atoms with Crippen molar-refractivity contribution in [1.82, 2.24) is 5.32 Å². The molecular weight excluding hydrogens is 462 g/mol. The molecule has 0 spiro atoms. The van der Waals surface area contributed by atoms with Crippen LogP contribution in [0, 0.1) is 5.82 Å². The van der Waals surface area contributed by atoms with E-state index in [1.54, 1.807) is 19.3 Å². The van der Waals surface area contributed by atoms with Crippen LogP contribution in [0.1, 0.15) is 30.1 Å². The fraction of sp³-hybridized carbons (Fsp3) is 0.348. The first-order chi connectivity index (χ1) is 15.5. The zero-order valence-corrected chi connectivity index (χ0v) is 21.2. The van der Waals surface area contributed by atoms with Crippen LogP contribution >= 0.6 is 11.6 Å². The number of rotatable bonds is 6. The van der Waals surface area contributed by atoms with Gasteiger partial charge < -0.3 is 29.7 Å². The molecule has 2 aromatic carbocycles. The number of methoxy groups -OCH3 is 1. The third kappa shape index (κ3) is 6.08. The van der Waals surface area contributed by atoms with Crippen molar-refractivity contribution in [2.75, 3.05) is 26.9 Å². The minimum Gasteiger partial charge on any atom is -0.723 e. The van der Waals surface area contributed by atoms with Gasteiger partial charge in [-0.15, -0.1) is 0 Å². The van der Waals surface area contributed by atoms with Crippen molar-refractivity contribution in [2.45, 2.75) is 24.6 Å². The predicted molar refractivity (Wildman–Crippen MR) is 116 cm³/mol. The summed E-state index contributed by atoms with van der Waals surface area (Å²) in [5.41, 5.74) is 1.17. The molecule has 4 rings (SSSR count). The van der Waals surface area contributed by atoms with Crippen LogP contribution in [0.25, 0.3) is 5.70 Å². The Morgan fingerprint density at radius 1 is 1.24 bits per heavy atom. The molecule has 10 heteroatoms. The summed E-state index contributed by atoms with van der Waals surface area (Å²) in [4.78, 5) is 8.84. The minimum atomic E-state index is -0.853. The maximum absolute atomic E-state index is 14.2. The van der Waals surface area contributed by atoms with Crippen LogP contribution in [0.15, 0.2) is 53.5 Å². The number of halogens is 2. The molecule has 0 saturated carbocycles. The van der Waals surface area contributed by atoms with Crippen molar-refractivity contribution in [3.8, 4) is 5.75 Å². The number of para-hydroxylation sites is 1. The van der Waals surface area contributed by atoms with Gasteiger partial charge in [-0.2, -0.15) is 0 Å². The molecule has 0 aromatic heterocycles. The Hall–Kier alpha value is -1.65. The minimum absolute atomic E-state index is 0. The number of aliphatic imine (C=N–C) groups is 1. The number of benzene rings is 2. The van der Waals surface area contributed by atoms with Gasteiger partial charge >= 0.3 is 29.6 Å². The first-order valence-corrected chi connectivity index (χ1v) is 10.6. The van der Waals surface area contributed by atoms with Crippen LogP contribution in [0.5, 0.6) is 5.75 Å². The third-order valence-electron chi connectivity index (χ3n) is 5.52. The predicted octanol–water partition coefficient (Wildman–Crippen LogP) is 0.391. The molecule has 33 heavy (non-hydrogen) atoms. The summed E-state index contributed by atoms with van der Waals surface area (Å²) >= 11 is 5.86. The molecule has 2 heterocycles. The Bertz CT molecular complexity index is 1020. The van der Waals surface area contributed by atoms with Gasteiger partial charge in [0.25, 0.3) is 0 Å². The average molecular weight is 485 g/mol. The Morgan fingerprint density at radius 3 is 2.70 bits per heavy atom. The zero-order chi connectivity index (χ0) is 22.6. The van der Waals surface area contributed by atoms with Crippen molar-refractivity contribution in [1.29, 1.82) is 0 Å². The van der Waals surface area contributed by atoms with E-state index in [0.29, 0.717) is 49.0 Å². The van der Waals surface area contributed by atoms with Gasteiger partial charge in [0.1, 0.15) is 23.3 Å². The number of nitrogens with one attached hydrogen (secondary N) is 1. The summed E-state index contributed by atoms with van der Waals surface area (Å²) in [6, 6.07) is 12.0. The van der Waals surface area contributed by atoms with Gasteiger partial charge in [0.05, 0.1) is 37.7 Å². The molecule has 2 aliphatic heterocycles. The van der Waals surface area contributed by atoms with Crippen molar-refractivity contribution >= 4 is 23.2 Å². The molecule has 1 atom stereocenters. The Kier molecular flexibility index (Phi) is 9.17. The maximum atomic E-state index is 14.2. The molecule has 2 aliphatic rings. The summed E-state index contributed by atoms with van der Waals surface area (Å²) in [5.74, 6) is 0.402. The number of hydrogen-bond acceptors (Lipinski definition) is 7. The Balaban J connectivity index is 0.00000306. The van der Waals surface area contributed by atoms with Gasteiger partial charge in [-0.1, -0.05) is 29.8 Å². The molecule has 1 saturated heterocycles. The molecule has 7 nitrogen and oxygen atoms in total. The van der Waals surface area contributed by atoms with Crippen LogP contribution in [0.4, 0.5) is 4.39 Å². The van der Waals surface area contributed by atoms with Gasteiger partial charge in [0.2, 0.25) is 5.90 Å². The van der Waals surface area contributed by atoms with Gasteiger partial charge in [-0.25, -0.2) is 9.38 Å². The smallest absolute Gasteiger partial charge is 0.723 e. The normalized spacial score (nSPS) is 19.5. The van der Waals surface area contributed by atoms with Crippen molar-refractivity contribution < 1.29 is 58.3 Å². The molecule has 170 valence electrons. The van der Waals surface area contributed by atoms with E-state index in [-0.39, 0.29) is 41.2 Å². The Morgan fingerprint density at radius 2 is 2.00 bits per heavy atom. The van der Waals surface area contributed by atoms with Crippen LogP contribution in [-0.4, -0.2) is 38.4 Å². The summed E-state index contributed by atoms with van der Waals surface area (Å²) in [7, 11) is 1.59. The molecule has 2 aromatic rings. The standard InChI is InChI=1S/C23H24ClFN2O5.Na/c1-29-20-5-3-2-4-16(20)19-13-21(32-23(14-31-28)8-10-30-11-9-23)27-22(26-19)15-6-7-17(24)18(25)12-15;/h2-7,12-13,22,26,28H,8-11,14H2,1H3;/q;+1/p-1. The fourth-order valence-corrected chi connectivity index (χ4v) is 3.89. The molecular formula is C23H23ClFN2NaO5. The second-order valence-electron chi connectivity index (χ2n) is 7.61.